The number of aliphatic hydroxyl groups is 1. The van der Waals surface area contributed by atoms with Crippen LogP contribution in [0.3, 0.4) is 0 Å². The Morgan fingerprint density at radius 2 is 2.24 bits per heavy atom. The second-order valence-electron chi connectivity index (χ2n) is 5.74. The minimum absolute atomic E-state index is 0.186. The minimum atomic E-state index is -0.631. The molecule has 0 saturated carbocycles. The molecule has 1 heterocycles. The van der Waals surface area contributed by atoms with Gasteiger partial charge in [0.2, 0.25) is 5.91 Å². The van der Waals surface area contributed by atoms with Crippen LogP contribution in [0.15, 0.2) is 18.2 Å². The summed E-state index contributed by atoms with van der Waals surface area (Å²) in [6, 6.07) is 7.62. The van der Waals surface area contributed by atoms with E-state index >= 15 is 0 Å². The van der Waals surface area contributed by atoms with Crippen molar-refractivity contribution in [1.29, 1.82) is 5.26 Å². The van der Waals surface area contributed by atoms with Crippen molar-refractivity contribution in [1.82, 2.24) is 0 Å². The van der Waals surface area contributed by atoms with Crippen molar-refractivity contribution in [2.45, 2.75) is 38.8 Å². The summed E-state index contributed by atoms with van der Waals surface area (Å²) in [4.78, 5) is 13.6. The highest BCUT2D eigenvalue weighted by Crippen LogP contribution is 2.33. The van der Waals surface area contributed by atoms with Gasteiger partial charge in [0.1, 0.15) is 0 Å². The number of amides is 1. The summed E-state index contributed by atoms with van der Waals surface area (Å²) >= 11 is 0. The van der Waals surface area contributed by atoms with Gasteiger partial charge < -0.3 is 15.7 Å². The lowest BCUT2D eigenvalue weighted by atomic mass is 9.91. The van der Waals surface area contributed by atoms with E-state index in [1.807, 2.05) is 0 Å². The summed E-state index contributed by atoms with van der Waals surface area (Å²) < 4.78 is 0. The van der Waals surface area contributed by atoms with Gasteiger partial charge in [0.25, 0.3) is 0 Å². The van der Waals surface area contributed by atoms with Gasteiger partial charge in [0, 0.05) is 23.8 Å². The van der Waals surface area contributed by atoms with E-state index < -0.39 is 6.10 Å². The number of anilines is 1. The lowest BCUT2D eigenvalue weighted by Crippen LogP contribution is -2.46. The van der Waals surface area contributed by atoms with E-state index in [9.17, 15) is 9.90 Å². The Morgan fingerprint density at radius 1 is 1.52 bits per heavy atom. The van der Waals surface area contributed by atoms with Crippen molar-refractivity contribution in [2.75, 3.05) is 11.4 Å². The number of carbonyl (C=O) groups excluding carboxylic acids is 1. The van der Waals surface area contributed by atoms with E-state index in [0.717, 1.165) is 24.1 Å². The van der Waals surface area contributed by atoms with Crippen LogP contribution in [0.25, 0.3) is 0 Å². The monoisotopic (exact) mass is 287 g/mol. The first kappa shape index (κ1) is 15.3. The van der Waals surface area contributed by atoms with Crippen LogP contribution >= 0.6 is 0 Å². The second kappa shape index (κ2) is 6.15. The zero-order valence-electron chi connectivity index (χ0n) is 12.4. The van der Waals surface area contributed by atoms with Gasteiger partial charge >= 0.3 is 0 Å². The zero-order chi connectivity index (χ0) is 15.6. The van der Waals surface area contributed by atoms with E-state index in [1.54, 1.807) is 25.1 Å². The molecule has 21 heavy (non-hydrogen) atoms. The lowest BCUT2D eigenvalue weighted by Gasteiger charge is -2.40. The molecule has 1 fully saturated rings. The van der Waals surface area contributed by atoms with Crippen LogP contribution in [0.5, 0.6) is 0 Å². The van der Waals surface area contributed by atoms with Crippen molar-refractivity contribution >= 4 is 11.6 Å². The molecule has 2 rings (SSSR count). The summed E-state index contributed by atoms with van der Waals surface area (Å²) in [5.74, 6) is -0.476. The van der Waals surface area contributed by atoms with Crippen molar-refractivity contribution < 1.29 is 9.90 Å². The molecule has 3 N–H and O–H groups in total. The predicted octanol–water partition coefficient (Wildman–Crippen LogP) is 1.70. The van der Waals surface area contributed by atoms with E-state index in [4.69, 9.17) is 11.0 Å². The smallest absolute Gasteiger partial charge is 0.222 e. The summed E-state index contributed by atoms with van der Waals surface area (Å²) in [6.07, 6.45) is 1.02. The third kappa shape index (κ3) is 3.17. The SMILES string of the molecule is CC1CCC(C(N)=O)CN1c1cc(C#N)ccc1[C@H](C)O. The first-order valence-corrected chi connectivity index (χ1v) is 7.22. The fraction of sp³-hybridized carbons (Fsp3) is 0.500. The fourth-order valence-corrected chi connectivity index (χ4v) is 2.89. The number of hydrogen-bond acceptors (Lipinski definition) is 4. The van der Waals surface area contributed by atoms with Crippen LogP contribution in [0.1, 0.15) is 43.9 Å². The quantitative estimate of drug-likeness (QED) is 0.885. The summed E-state index contributed by atoms with van der Waals surface area (Å²) in [5.41, 5.74) is 7.57. The van der Waals surface area contributed by atoms with Crippen LogP contribution in [-0.4, -0.2) is 23.6 Å². The molecule has 1 aliphatic heterocycles. The van der Waals surface area contributed by atoms with Gasteiger partial charge in [0.05, 0.1) is 23.7 Å². The number of benzene rings is 1. The third-order valence-electron chi connectivity index (χ3n) is 4.20. The number of nitrogens with zero attached hydrogens (tertiary/aromatic N) is 2. The number of piperidine rings is 1. The molecule has 1 amide bonds. The van der Waals surface area contributed by atoms with Gasteiger partial charge in [-0.2, -0.15) is 5.26 Å². The minimum Gasteiger partial charge on any atom is -0.389 e. The van der Waals surface area contributed by atoms with E-state index in [2.05, 4.69) is 17.9 Å². The molecule has 5 heteroatoms. The molecule has 0 radical (unpaired) electrons. The van der Waals surface area contributed by atoms with Gasteiger partial charge in [-0.15, -0.1) is 0 Å². The summed E-state index contributed by atoms with van der Waals surface area (Å²) in [5, 5.41) is 19.0. The maximum atomic E-state index is 11.5. The predicted molar refractivity (Wildman–Crippen MR) is 80.5 cm³/mol. The lowest BCUT2D eigenvalue weighted by molar-refractivity contribution is -0.122. The standard InChI is InChI=1S/C16H21N3O2/c1-10-3-5-13(16(18)21)9-19(10)15-7-12(8-17)4-6-14(15)11(2)20/h4,6-7,10-11,13,20H,3,5,9H2,1-2H3,(H2,18,21)/t10?,11-,13?/m0/s1. The molecule has 3 atom stereocenters. The van der Waals surface area contributed by atoms with Crippen LogP contribution in [0.2, 0.25) is 0 Å². The molecule has 0 aliphatic carbocycles. The molecule has 1 aromatic carbocycles. The Bertz CT molecular complexity index is 577. The highest BCUT2D eigenvalue weighted by molar-refractivity contribution is 5.78. The van der Waals surface area contributed by atoms with Crippen molar-refractivity contribution in [2.24, 2.45) is 11.7 Å². The molecule has 5 nitrogen and oxygen atoms in total. The van der Waals surface area contributed by atoms with Crippen LogP contribution in [0, 0.1) is 17.2 Å². The first-order chi connectivity index (χ1) is 9.93. The Morgan fingerprint density at radius 3 is 2.81 bits per heavy atom. The number of hydrogen-bond donors (Lipinski definition) is 2. The highest BCUT2D eigenvalue weighted by atomic mass is 16.3. The molecule has 0 aromatic heterocycles. The van der Waals surface area contributed by atoms with Crippen molar-refractivity contribution in [3.05, 3.63) is 29.3 Å². The Labute approximate surface area is 125 Å². The van der Waals surface area contributed by atoms with Crippen LogP contribution in [0.4, 0.5) is 5.69 Å². The number of aliphatic hydroxyl groups excluding tert-OH is 1. The number of primary amides is 1. The molecule has 0 bridgehead atoms. The molecule has 1 saturated heterocycles. The van der Waals surface area contributed by atoms with Crippen molar-refractivity contribution in [3.63, 3.8) is 0 Å². The average molecular weight is 287 g/mol. The topological polar surface area (TPSA) is 90.4 Å². The van der Waals surface area contributed by atoms with Crippen LogP contribution < -0.4 is 10.6 Å². The van der Waals surface area contributed by atoms with E-state index in [0.29, 0.717) is 12.1 Å². The summed E-state index contributed by atoms with van der Waals surface area (Å²) in [6.45, 7) is 4.32. The Balaban J connectivity index is 2.42. The van der Waals surface area contributed by atoms with Gasteiger partial charge in [0.15, 0.2) is 0 Å². The van der Waals surface area contributed by atoms with Gasteiger partial charge in [-0.3, -0.25) is 4.79 Å². The molecular weight excluding hydrogens is 266 g/mol. The largest absolute Gasteiger partial charge is 0.389 e. The van der Waals surface area contributed by atoms with Gasteiger partial charge in [-0.1, -0.05) is 6.07 Å². The number of carbonyl (C=O) groups is 1. The highest BCUT2D eigenvalue weighted by Gasteiger charge is 2.30. The number of nitrogens with two attached hydrogens (primary N) is 1. The maximum absolute atomic E-state index is 11.5. The van der Waals surface area contributed by atoms with Crippen molar-refractivity contribution in [3.8, 4) is 6.07 Å². The Kier molecular flexibility index (Phi) is 4.49. The van der Waals surface area contributed by atoms with Gasteiger partial charge in [-0.25, -0.2) is 0 Å². The number of rotatable bonds is 3. The summed E-state index contributed by atoms with van der Waals surface area (Å²) in [7, 11) is 0. The number of nitriles is 1. The molecular formula is C16H21N3O2. The molecule has 0 spiro atoms. The molecule has 1 aliphatic rings. The molecule has 2 unspecified atom stereocenters. The second-order valence-corrected chi connectivity index (χ2v) is 5.74. The van der Waals surface area contributed by atoms with Crippen LogP contribution in [-0.2, 0) is 4.79 Å². The third-order valence-corrected chi connectivity index (χ3v) is 4.20. The molecule has 112 valence electrons. The average Bonchev–Trinajstić information content (AvgIpc) is 2.46. The van der Waals surface area contributed by atoms with E-state index in [-0.39, 0.29) is 17.9 Å². The first-order valence-electron chi connectivity index (χ1n) is 7.22. The van der Waals surface area contributed by atoms with Gasteiger partial charge in [-0.05, 0) is 38.8 Å². The zero-order valence-corrected chi connectivity index (χ0v) is 12.4. The normalized spacial score (nSPS) is 23.4. The maximum Gasteiger partial charge on any atom is 0.222 e. The fourth-order valence-electron chi connectivity index (χ4n) is 2.89. The Hall–Kier alpha value is -2.06. The van der Waals surface area contributed by atoms with E-state index in [1.165, 1.54) is 0 Å². The molecule has 1 aromatic rings.